The summed E-state index contributed by atoms with van der Waals surface area (Å²) in [6, 6.07) is 18.0. The maximum absolute atomic E-state index is 10.8. The minimum atomic E-state index is -0.900. The number of rotatable bonds is 9. The quantitative estimate of drug-likeness (QED) is 0.426. The van der Waals surface area contributed by atoms with E-state index in [1.165, 1.54) is 0 Å². The Morgan fingerprint density at radius 2 is 1.86 bits per heavy atom. The number of carbonyl (C=O) groups is 1. The Labute approximate surface area is 167 Å². The van der Waals surface area contributed by atoms with Crippen LogP contribution in [0.5, 0.6) is 5.75 Å². The Morgan fingerprint density at radius 3 is 2.50 bits per heavy atom. The molecule has 0 bridgehead atoms. The van der Waals surface area contributed by atoms with Crippen LogP contribution in [0.3, 0.4) is 0 Å². The molecule has 0 radical (unpaired) electrons. The van der Waals surface area contributed by atoms with Crippen LogP contribution in [0, 0.1) is 0 Å². The van der Waals surface area contributed by atoms with Crippen LogP contribution in [0.4, 0.5) is 0 Å². The number of carboxylic acids is 1. The molecule has 2 aromatic carbocycles. The summed E-state index contributed by atoms with van der Waals surface area (Å²) < 4.78 is 7.86. The highest BCUT2D eigenvalue weighted by molar-refractivity contribution is 7.99. The molecule has 0 amide bonds. The normalized spacial score (nSPS) is 11.8. The van der Waals surface area contributed by atoms with Crippen molar-refractivity contribution in [2.24, 2.45) is 0 Å². The zero-order valence-corrected chi connectivity index (χ0v) is 16.3. The van der Waals surface area contributed by atoms with E-state index in [1.54, 1.807) is 6.08 Å². The summed E-state index contributed by atoms with van der Waals surface area (Å²) in [5, 5.41) is 17.7. The molecule has 0 unspecified atom stereocenters. The lowest BCUT2D eigenvalue weighted by Gasteiger charge is -2.16. The van der Waals surface area contributed by atoms with Crippen molar-refractivity contribution in [1.82, 2.24) is 14.8 Å². The first-order valence-corrected chi connectivity index (χ1v) is 9.77. The first-order valence-electron chi connectivity index (χ1n) is 8.79. The number of thioether (sulfide) groups is 1. The SMILES string of the molecule is C=CCn1c(SCC(=O)O)nnc1[C@H](C)Oc1ccc(-c2ccccc2)cc1. The molecule has 0 aliphatic rings. The lowest BCUT2D eigenvalue weighted by atomic mass is 10.1. The van der Waals surface area contributed by atoms with Gasteiger partial charge in [0.15, 0.2) is 17.1 Å². The molecular weight excluding hydrogens is 374 g/mol. The zero-order valence-electron chi connectivity index (χ0n) is 15.5. The molecule has 6 nitrogen and oxygen atoms in total. The molecule has 3 rings (SSSR count). The van der Waals surface area contributed by atoms with Crippen molar-refractivity contribution in [3.8, 4) is 16.9 Å². The average molecular weight is 395 g/mol. The van der Waals surface area contributed by atoms with Crippen molar-refractivity contribution in [2.45, 2.75) is 24.7 Å². The second kappa shape index (κ2) is 9.23. The van der Waals surface area contributed by atoms with Gasteiger partial charge in [-0.1, -0.05) is 60.3 Å². The van der Waals surface area contributed by atoms with Gasteiger partial charge >= 0.3 is 5.97 Å². The van der Waals surface area contributed by atoms with Crippen molar-refractivity contribution < 1.29 is 14.6 Å². The highest BCUT2D eigenvalue weighted by atomic mass is 32.2. The molecule has 3 aromatic rings. The smallest absolute Gasteiger partial charge is 0.313 e. The van der Waals surface area contributed by atoms with Gasteiger partial charge < -0.3 is 9.84 Å². The van der Waals surface area contributed by atoms with Crippen LogP contribution in [0.15, 0.2) is 72.4 Å². The zero-order chi connectivity index (χ0) is 19.9. The molecule has 7 heteroatoms. The summed E-state index contributed by atoms with van der Waals surface area (Å²) in [5.41, 5.74) is 2.26. The molecule has 28 heavy (non-hydrogen) atoms. The standard InChI is InChI=1S/C21H21N3O3S/c1-3-13-24-20(22-23-21(24)28-14-19(25)26)15(2)27-18-11-9-17(10-12-18)16-7-5-4-6-8-16/h3-12,15H,1,13-14H2,2H3,(H,25,26)/t15-/m0/s1. The molecule has 0 saturated heterocycles. The van der Waals surface area contributed by atoms with Gasteiger partial charge in [-0.15, -0.1) is 16.8 Å². The van der Waals surface area contributed by atoms with Gasteiger partial charge in [0, 0.05) is 6.54 Å². The average Bonchev–Trinajstić information content (AvgIpc) is 3.11. The molecule has 0 spiro atoms. The van der Waals surface area contributed by atoms with E-state index in [1.807, 2.05) is 54.0 Å². The van der Waals surface area contributed by atoms with Gasteiger partial charge in [0.1, 0.15) is 5.75 Å². The summed E-state index contributed by atoms with van der Waals surface area (Å²) in [7, 11) is 0. The third-order valence-corrected chi connectivity index (χ3v) is 4.97. The fourth-order valence-electron chi connectivity index (χ4n) is 2.75. The Hall–Kier alpha value is -3.06. The molecule has 1 aromatic heterocycles. The third kappa shape index (κ3) is 4.80. The molecule has 1 heterocycles. The lowest BCUT2D eigenvalue weighted by molar-refractivity contribution is -0.133. The Bertz CT molecular complexity index is 939. The van der Waals surface area contributed by atoms with Crippen LogP contribution in [0.25, 0.3) is 11.1 Å². The molecule has 0 fully saturated rings. The predicted molar refractivity (Wildman–Crippen MR) is 109 cm³/mol. The number of aromatic nitrogens is 3. The predicted octanol–water partition coefficient (Wildman–Crippen LogP) is 4.45. The largest absolute Gasteiger partial charge is 0.483 e. The van der Waals surface area contributed by atoms with Gasteiger partial charge in [-0.25, -0.2) is 0 Å². The second-order valence-electron chi connectivity index (χ2n) is 6.07. The number of aliphatic carboxylic acids is 1. The molecule has 1 N–H and O–H groups in total. The maximum Gasteiger partial charge on any atom is 0.313 e. The summed E-state index contributed by atoms with van der Waals surface area (Å²) in [5.74, 6) is 0.369. The maximum atomic E-state index is 10.8. The van der Waals surface area contributed by atoms with Crippen LogP contribution >= 0.6 is 11.8 Å². The molecule has 0 saturated carbocycles. The highest BCUT2D eigenvalue weighted by Crippen LogP contribution is 2.27. The third-order valence-electron chi connectivity index (χ3n) is 4.02. The molecule has 144 valence electrons. The first kappa shape index (κ1) is 19.7. The molecule has 1 atom stereocenters. The number of benzene rings is 2. The van der Waals surface area contributed by atoms with E-state index in [0.29, 0.717) is 17.5 Å². The van der Waals surface area contributed by atoms with Gasteiger partial charge in [0.2, 0.25) is 0 Å². The van der Waals surface area contributed by atoms with E-state index in [0.717, 1.165) is 28.6 Å². The van der Waals surface area contributed by atoms with Crippen molar-refractivity contribution in [3.05, 3.63) is 73.1 Å². The van der Waals surface area contributed by atoms with Crippen LogP contribution in [0.1, 0.15) is 18.9 Å². The van der Waals surface area contributed by atoms with E-state index >= 15 is 0 Å². The van der Waals surface area contributed by atoms with E-state index in [9.17, 15) is 4.79 Å². The Balaban J connectivity index is 1.74. The summed E-state index contributed by atoms with van der Waals surface area (Å²) in [4.78, 5) is 10.8. The Kier molecular flexibility index (Phi) is 6.49. The number of hydrogen-bond donors (Lipinski definition) is 1. The minimum absolute atomic E-state index is 0.0779. The highest BCUT2D eigenvalue weighted by Gasteiger charge is 2.19. The fraction of sp³-hybridized carbons (Fsp3) is 0.190. The van der Waals surface area contributed by atoms with Gasteiger partial charge in [0.25, 0.3) is 0 Å². The van der Waals surface area contributed by atoms with Gasteiger partial charge in [0.05, 0.1) is 5.75 Å². The lowest BCUT2D eigenvalue weighted by Crippen LogP contribution is -2.12. The van der Waals surface area contributed by atoms with E-state index in [4.69, 9.17) is 9.84 Å². The van der Waals surface area contributed by atoms with Crippen LogP contribution in [0.2, 0.25) is 0 Å². The van der Waals surface area contributed by atoms with Gasteiger partial charge in [-0.05, 0) is 30.2 Å². The number of ether oxygens (including phenoxy) is 1. The summed E-state index contributed by atoms with van der Waals surface area (Å²) >= 11 is 1.13. The van der Waals surface area contributed by atoms with Crippen LogP contribution in [-0.2, 0) is 11.3 Å². The van der Waals surface area contributed by atoms with Crippen LogP contribution in [-0.4, -0.2) is 31.6 Å². The summed E-state index contributed by atoms with van der Waals surface area (Å²) in [6.45, 7) is 6.12. The van der Waals surface area contributed by atoms with E-state index < -0.39 is 5.97 Å². The second-order valence-corrected chi connectivity index (χ2v) is 7.02. The van der Waals surface area contributed by atoms with Crippen molar-refractivity contribution in [3.63, 3.8) is 0 Å². The van der Waals surface area contributed by atoms with E-state index in [2.05, 4.69) is 28.9 Å². The number of allylic oxidation sites excluding steroid dienone is 1. The molecule has 0 aliphatic carbocycles. The fourth-order valence-corrected chi connectivity index (χ4v) is 3.42. The van der Waals surface area contributed by atoms with Crippen molar-refractivity contribution in [2.75, 3.05) is 5.75 Å². The topological polar surface area (TPSA) is 77.2 Å². The number of hydrogen-bond acceptors (Lipinski definition) is 5. The number of nitrogens with zero attached hydrogens (tertiary/aromatic N) is 3. The minimum Gasteiger partial charge on any atom is -0.483 e. The number of carboxylic acid groups (broad SMARTS) is 1. The first-order chi connectivity index (χ1) is 13.6. The van der Waals surface area contributed by atoms with E-state index in [-0.39, 0.29) is 11.9 Å². The van der Waals surface area contributed by atoms with Crippen molar-refractivity contribution in [1.29, 1.82) is 0 Å². The van der Waals surface area contributed by atoms with Gasteiger partial charge in [-0.2, -0.15) is 0 Å². The summed E-state index contributed by atoms with van der Waals surface area (Å²) in [6.07, 6.45) is 1.37. The Morgan fingerprint density at radius 1 is 1.18 bits per heavy atom. The monoisotopic (exact) mass is 395 g/mol. The van der Waals surface area contributed by atoms with Gasteiger partial charge in [-0.3, -0.25) is 9.36 Å². The van der Waals surface area contributed by atoms with Crippen LogP contribution < -0.4 is 4.74 Å². The molecular formula is C21H21N3O3S. The molecule has 0 aliphatic heterocycles. The van der Waals surface area contributed by atoms with Crippen molar-refractivity contribution >= 4 is 17.7 Å².